The Kier molecular flexibility index (Phi) is 5.89. The first kappa shape index (κ1) is 23.8. The molecule has 1 saturated heterocycles. The van der Waals surface area contributed by atoms with Gasteiger partial charge in [0.05, 0.1) is 16.9 Å². The molecule has 1 N–H and O–H groups in total. The molecule has 8 nitrogen and oxygen atoms in total. The molecule has 1 spiro atoms. The molecule has 1 saturated carbocycles. The van der Waals surface area contributed by atoms with Crippen LogP contribution in [0.15, 0.2) is 48.8 Å². The summed E-state index contributed by atoms with van der Waals surface area (Å²) >= 11 is 0. The van der Waals surface area contributed by atoms with E-state index in [1.165, 1.54) is 16.9 Å². The Hall–Kier alpha value is -3.96. The highest BCUT2D eigenvalue weighted by Crippen LogP contribution is 2.43. The van der Waals surface area contributed by atoms with Crippen molar-refractivity contribution in [1.29, 1.82) is 0 Å². The van der Waals surface area contributed by atoms with Crippen molar-refractivity contribution in [2.75, 3.05) is 19.6 Å². The maximum absolute atomic E-state index is 14.4. The minimum absolute atomic E-state index is 0.0143. The molecule has 2 fully saturated rings. The van der Waals surface area contributed by atoms with E-state index >= 15 is 0 Å². The summed E-state index contributed by atoms with van der Waals surface area (Å²) in [7, 11) is 0. The normalized spacial score (nSPS) is 17.6. The van der Waals surface area contributed by atoms with Gasteiger partial charge in [-0.2, -0.15) is 18.3 Å². The minimum Gasteiger partial charge on any atom is -0.443 e. The molecule has 1 aliphatic carbocycles. The highest BCUT2D eigenvalue weighted by molar-refractivity contribution is 5.93. The number of ether oxygens (including phenoxy) is 1. The number of halogens is 4. The van der Waals surface area contributed by atoms with Crippen LogP contribution in [0.25, 0.3) is 16.9 Å². The summed E-state index contributed by atoms with van der Waals surface area (Å²) in [5.41, 5.74) is -1.04. The SMILES string of the molecule is O=C1NCCN(C(=O)c2cc(-c3cccnc3)n(-c3ccc(C(F)(F)F)c(F)c3)n2)CCC2(CC2)O1. The van der Waals surface area contributed by atoms with Crippen molar-refractivity contribution in [3.63, 3.8) is 0 Å². The second kappa shape index (κ2) is 8.92. The van der Waals surface area contributed by atoms with Gasteiger partial charge in [-0.3, -0.25) is 9.78 Å². The van der Waals surface area contributed by atoms with Gasteiger partial charge in [0.1, 0.15) is 11.4 Å². The summed E-state index contributed by atoms with van der Waals surface area (Å²) in [5.74, 6) is -1.88. The van der Waals surface area contributed by atoms with Crippen molar-refractivity contribution in [2.24, 2.45) is 0 Å². The van der Waals surface area contributed by atoms with Crippen LogP contribution in [-0.2, 0) is 10.9 Å². The Morgan fingerprint density at radius 1 is 1.11 bits per heavy atom. The molecule has 0 bridgehead atoms. The van der Waals surface area contributed by atoms with E-state index in [0.717, 1.165) is 25.0 Å². The maximum atomic E-state index is 14.4. The van der Waals surface area contributed by atoms with Gasteiger partial charge in [-0.25, -0.2) is 13.9 Å². The molecule has 36 heavy (non-hydrogen) atoms. The zero-order valence-electron chi connectivity index (χ0n) is 18.9. The first-order valence-electron chi connectivity index (χ1n) is 11.3. The number of amides is 2. The van der Waals surface area contributed by atoms with Gasteiger partial charge in [0.25, 0.3) is 5.91 Å². The third-order valence-corrected chi connectivity index (χ3v) is 6.28. The zero-order valence-corrected chi connectivity index (χ0v) is 18.9. The Labute approximate surface area is 202 Å². The number of benzene rings is 1. The van der Waals surface area contributed by atoms with Gasteiger partial charge < -0.3 is 15.0 Å². The van der Waals surface area contributed by atoms with Gasteiger partial charge in [-0.15, -0.1) is 0 Å². The van der Waals surface area contributed by atoms with Crippen LogP contribution in [0.2, 0.25) is 0 Å². The van der Waals surface area contributed by atoms with Gasteiger partial charge in [-0.1, -0.05) is 0 Å². The molecular weight excluding hydrogens is 482 g/mol. The van der Waals surface area contributed by atoms with E-state index in [9.17, 15) is 27.2 Å². The number of nitrogens with zero attached hydrogens (tertiary/aromatic N) is 4. The van der Waals surface area contributed by atoms with E-state index in [4.69, 9.17) is 4.74 Å². The van der Waals surface area contributed by atoms with Gasteiger partial charge in [-0.05, 0) is 43.2 Å². The van der Waals surface area contributed by atoms with Crippen molar-refractivity contribution in [3.05, 3.63) is 65.9 Å². The molecule has 3 heterocycles. The number of alkyl carbamates (subject to hydrolysis) is 1. The van der Waals surface area contributed by atoms with Crippen LogP contribution in [0.1, 0.15) is 35.3 Å². The summed E-state index contributed by atoms with van der Waals surface area (Å²) in [6, 6.07) is 7.30. The number of nitrogens with one attached hydrogen (secondary N) is 1. The number of aromatic nitrogens is 3. The van der Waals surface area contributed by atoms with E-state index in [1.54, 1.807) is 23.2 Å². The fraction of sp³-hybridized carbons (Fsp3) is 0.333. The lowest BCUT2D eigenvalue weighted by atomic mass is 10.1. The lowest BCUT2D eigenvalue weighted by molar-refractivity contribution is -0.140. The molecule has 188 valence electrons. The van der Waals surface area contributed by atoms with Crippen molar-refractivity contribution >= 4 is 12.0 Å². The van der Waals surface area contributed by atoms with E-state index in [0.29, 0.717) is 30.3 Å². The van der Waals surface area contributed by atoms with E-state index < -0.39 is 35.2 Å². The fourth-order valence-electron chi connectivity index (χ4n) is 4.15. The third-order valence-electron chi connectivity index (χ3n) is 6.28. The highest BCUT2D eigenvalue weighted by atomic mass is 19.4. The van der Waals surface area contributed by atoms with E-state index in [2.05, 4.69) is 15.4 Å². The number of pyridine rings is 1. The molecule has 0 radical (unpaired) electrons. The molecule has 12 heteroatoms. The molecule has 1 aromatic carbocycles. The molecule has 0 atom stereocenters. The first-order chi connectivity index (χ1) is 17.2. The molecular formula is C24H21F4N5O3. The number of hydrogen-bond acceptors (Lipinski definition) is 5. The lowest BCUT2D eigenvalue weighted by Crippen LogP contribution is -2.38. The number of hydrogen-bond donors (Lipinski definition) is 1. The quantitative estimate of drug-likeness (QED) is 0.542. The average molecular weight is 503 g/mol. The van der Waals surface area contributed by atoms with Crippen molar-refractivity contribution in [1.82, 2.24) is 25.0 Å². The molecule has 2 amide bonds. The zero-order chi connectivity index (χ0) is 25.5. The van der Waals surface area contributed by atoms with Crippen LogP contribution in [0.5, 0.6) is 0 Å². The fourth-order valence-corrected chi connectivity index (χ4v) is 4.15. The number of rotatable bonds is 3. The van der Waals surface area contributed by atoms with Crippen LogP contribution in [0.4, 0.5) is 22.4 Å². The van der Waals surface area contributed by atoms with Crippen LogP contribution in [-0.4, -0.2) is 56.9 Å². The maximum Gasteiger partial charge on any atom is 0.419 e. The largest absolute Gasteiger partial charge is 0.443 e. The highest BCUT2D eigenvalue weighted by Gasteiger charge is 2.47. The third kappa shape index (κ3) is 4.75. The van der Waals surface area contributed by atoms with Crippen LogP contribution in [0, 0.1) is 5.82 Å². The predicted molar refractivity (Wildman–Crippen MR) is 119 cm³/mol. The summed E-state index contributed by atoms with van der Waals surface area (Å²) < 4.78 is 60.2. The summed E-state index contributed by atoms with van der Waals surface area (Å²) in [6.45, 7) is 0.729. The number of alkyl halides is 3. The predicted octanol–water partition coefficient (Wildman–Crippen LogP) is 4.20. The Morgan fingerprint density at radius 3 is 2.58 bits per heavy atom. The Morgan fingerprint density at radius 2 is 1.92 bits per heavy atom. The standard InChI is InChI=1S/C24H21F4N5O3/c25-18-12-16(3-4-17(18)24(26,27)28)33-20(15-2-1-8-29-14-15)13-19(31-33)21(34)32-10-7-23(5-6-23)36-22(35)30-9-11-32/h1-4,8,12-14H,5-7,9-11H2,(H,30,35). The molecule has 5 rings (SSSR count). The first-order valence-corrected chi connectivity index (χ1v) is 11.3. The van der Waals surface area contributed by atoms with E-state index in [1.807, 2.05) is 0 Å². The second-order valence-electron chi connectivity index (χ2n) is 8.77. The summed E-state index contributed by atoms with van der Waals surface area (Å²) in [4.78, 5) is 30.9. The number of carbonyl (C=O) groups excluding carboxylic acids is 2. The Balaban J connectivity index is 1.50. The molecule has 3 aromatic rings. The van der Waals surface area contributed by atoms with E-state index in [-0.39, 0.29) is 24.5 Å². The lowest BCUT2D eigenvalue weighted by Gasteiger charge is -2.22. The van der Waals surface area contributed by atoms with Crippen molar-refractivity contribution < 1.29 is 31.9 Å². The summed E-state index contributed by atoms with van der Waals surface area (Å²) in [5, 5.41) is 6.97. The topological polar surface area (TPSA) is 89.4 Å². The van der Waals surface area contributed by atoms with Crippen LogP contribution >= 0.6 is 0 Å². The van der Waals surface area contributed by atoms with Gasteiger partial charge in [0.15, 0.2) is 5.69 Å². The molecule has 2 aliphatic rings. The average Bonchev–Trinajstić information content (AvgIpc) is 3.42. The smallest absolute Gasteiger partial charge is 0.419 e. The summed E-state index contributed by atoms with van der Waals surface area (Å²) in [6.07, 6.45) is -0.389. The van der Waals surface area contributed by atoms with Crippen LogP contribution < -0.4 is 5.32 Å². The van der Waals surface area contributed by atoms with Crippen molar-refractivity contribution in [2.45, 2.75) is 31.0 Å². The molecule has 1 aliphatic heterocycles. The molecule has 2 aromatic heterocycles. The van der Waals surface area contributed by atoms with Gasteiger partial charge in [0, 0.05) is 50.1 Å². The minimum atomic E-state index is -4.84. The molecule has 0 unspecified atom stereocenters. The van der Waals surface area contributed by atoms with Gasteiger partial charge in [0.2, 0.25) is 0 Å². The Bertz CT molecular complexity index is 1300. The second-order valence-corrected chi connectivity index (χ2v) is 8.77. The monoisotopic (exact) mass is 503 g/mol. The number of carbonyl (C=O) groups is 2. The van der Waals surface area contributed by atoms with Crippen LogP contribution in [0.3, 0.4) is 0 Å². The van der Waals surface area contributed by atoms with Crippen molar-refractivity contribution in [3.8, 4) is 16.9 Å². The van der Waals surface area contributed by atoms with Gasteiger partial charge >= 0.3 is 12.3 Å².